The molecule has 4 aliphatic rings. The first-order valence-corrected chi connectivity index (χ1v) is 10.5. The van der Waals surface area contributed by atoms with Gasteiger partial charge < -0.3 is 0 Å². The summed E-state index contributed by atoms with van der Waals surface area (Å²) in [7, 11) is 3.03. The summed E-state index contributed by atoms with van der Waals surface area (Å²) in [5.74, 6) is -1.14. The van der Waals surface area contributed by atoms with E-state index in [2.05, 4.69) is 0 Å². The maximum Gasteiger partial charge on any atom is 0.261 e. The van der Waals surface area contributed by atoms with Crippen LogP contribution >= 0.6 is 0 Å². The molecule has 0 radical (unpaired) electrons. The Labute approximate surface area is 182 Å². The van der Waals surface area contributed by atoms with Gasteiger partial charge in [0, 0.05) is 47.5 Å². The van der Waals surface area contributed by atoms with Crippen LogP contribution in [0.4, 0.5) is 0 Å². The largest absolute Gasteiger partial charge is 0.277 e. The lowest BCUT2D eigenvalue weighted by Gasteiger charge is -2.33. The molecule has 0 atom stereocenters. The minimum atomic E-state index is -0.294. The third-order valence-corrected chi connectivity index (χ3v) is 7.36. The molecule has 2 heterocycles. The third-order valence-electron chi connectivity index (χ3n) is 7.36. The number of likely N-dealkylation sites (N-methyl/N-ethyl adjacent to an activating group) is 2. The first-order chi connectivity index (χ1) is 15.4. The van der Waals surface area contributed by atoms with Crippen molar-refractivity contribution in [2.75, 3.05) is 14.1 Å². The topological polar surface area (TPSA) is 74.8 Å². The van der Waals surface area contributed by atoms with Crippen molar-refractivity contribution in [3.05, 3.63) is 69.8 Å². The van der Waals surface area contributed by atoms with E-state index in [1.165, 1.54) is 23.9 Å². The fourth-order valence-corrected chi connectivity index (χ4v) is 5.85. The van der Waals surface area contributed by atoms with E-state index < -0.39 is 0 Å². The molecule has 154 valence electrons. The number of hydrogen-bond donors (Lipinski definition) is 0. The molecule has 6 heteroatoms. The van der Waals surface area contributed by atoms with E-state index in [0.29, 0.717) is 35.1 Å². The van der Waals surface area contributed by atoms with Gasteiger partial charge in [0.25, 0.3) is 23.6 Å². The number of rotatable bonds is 0. The van der Waals surface area contributed by atoms with E-state index in [4.69, 9.17) is 0 Å². The molecule has 2 aliphatic carbocycles. The van der Waals surface area contributed by atoms with Crippen molar-refractivity contribution >= 4 is 56.3 Å². The number of hydrogen-bond acceptors (Lipinski definition) is 4. The second-order valence-electron chi connectivity index (χ2n) is 8.76. The summed E-state index contributed by atoms with van der Waals surface area (Å²) in [6.45, 7) is 0. The highest BCUT2D eigenvalue weighted by Gasteiger charge is 2.39. The third kappa shape index (κ3) is 1.75. The number of imide groups is 2. The molecule has 0 saturated heterocycles. The molecule has 0 unspecified atom stereocenters. The smallest absolute Gasteiger partial charge is 0.261 e. The van der Waals surface area contributed by atoms with Crippen molar-refractivity contribution in [1.29, 1.82) is 0 Å². The van der Waals surface area contributed by atoms with Crippen LogP contribution < -0.4 is 0 Å². The van der Waals surface area contributed by atoms with Gasteiger partial charge in [-0.1, -0.05) is 24.3 Å². The van der Waals surface area contributed by atoms with Crippen molar-refractivity contribution in [3.8, 4) is 0 Å². The van der Waals surface area contributed by atoms with Gasteiger partial charge in [0.1, 0.15) is 0 Å². The van der Waals surface area contributed by atoms with E-state index in [9.17, 15) is 19.2 Å². The Morgan fingerprint density at radius 2 is 1.00 bits per heavy atom. The maximum atomic E-state index is 12.9. The number of allylic oxidation sites excluding steroid dienone is 2. The summed E-state index contributed by atoms with van der Waals surface area (Å²) in [5.41, 5.74) is 5.72. The van der Waals surface area contributed by atoms with Crippen LogP contribution in [0.5, 0.6) is 0 Å². The van der Waals surface area contributed by atoms with Crippen molar-refractivity contribution < 1.29 is 19.2 Å². The summed E-state index contributed by atoms with van der Waals surface area (Å²) in [6, 6.07) is 7.50. The second kappa shape index (κ2) is 5.40. The Kier molecular flexibility index (Phi) is 2.97. The molecule has 0 bridgehead atoms. The van der Waals surface area contributed by atoms with Crippen LogP contribution in [0, 0.1) is 0 Å². The fraction of sp³-hybridized carbons (Fsp3) is 0.154. The van der Waals surface area contributed by atoms with Crippen LogP contribution in [0.15, 0.2) is 36.4 Å². The van der Waals surface area contributed by atoms with Crippen molar-refractivity contribution in [2.24, 2.45) is 0 Å². The average molecular weight is 420 g/mol. The molecular weight excluding hydrogens is 404 g/mol. The standard InChI is InChI=1S/C26H16N2O4/c1-27-23(29)15-7-3-11-13-5-9-17-22-18(26(32)28(2)25(17)31)10-6-14(20(13)22)12-4-8-16(24(27)30)21(15)19(11)12/h3,6-10H,4-5H2,1-2H3. The molecule has 0 N–H and O–H groups in total. The van der Waals surface area contributed by atoms with Crippen LogP contribution in [0.3, 0.4) is 0 Å². The zero-order valence-corrected chi connectivity index (χ0v) is 17.4. The molecule has 0 fully saturated rings. The predicted octanol–water partition coefficient (Wildman–Crippen LogP) is 3.10. The SMILES string of the molecule is CN1C(=O)C2=CCc3c4ccc5c6c4c(c4ccc(c2c34)C1=O)CC=C6C(=O)N(C)C5=O. The number of amides is 4. The summed E-state index contributed by atoms with van der Waals surface area (Å²) in [6.07, 6.45) is 4.90. The highest BCUT2D eigenvalue weighted by atomic mass is 16.2. The highest BCUT2D eigenvalue weighted by Crippen LogP contribution is 2.48. The molecule has 0 saturated carbocycles. The summed E-state index contributed by atoms with van der Waals surface area (Å²) >= 11 is 0. The van der Waals surface area contributed by atoms with Gasteiger partial charge in [-0.15, -0.1) is 0 Å². The Morgan fingerprint density at radius 3 is 1.41 bits per heavy atom. The van der Waals surface area contributed by atoms with Gasteiger partial charge in [-0.2, -0.15) is 0 Å². The molecule has 3 aromatic carbocycles. The van der Waals surface area contributed by atoms with Gasteiger partial charge in [-0.05, 0) is 57.6 Å². The Hall–Kier alpha value is -4.06. The molecule has 32 heavy (non-hydrogen) atoms. The van der Waals surface area contributed by atoms with Gasteiger partial charge in [-0.3, -0.25) is 29.0 Å². The van der Waals surface area contributed by atoms with E-state index in [1.54, 1.807) is 12.1 Å². The minimum Gasteiger partial charge on any atom is -0.277 e. The molecule has 7 rings (SSSR count). The number of benzene rings is 3. The number of nitrogens with zero attached hydrogens (tertiary/aromatic N) is 2. The van der Waals surface area contributed by atoms with Crippen molar-refractivity contribution in [3.63, 3.8) is 0 Å². The van der Waals surface area contributed by atoms with Gasteiger partial charge >= 0.3 is 0 Å². The van der Waals surface area contributed by atoms with Crippen LogP contribution in [-0.4, -0.2) is 47.5 Å². The van der Waals surface area contributed by atoms with Crippen molar-refractivity contribution in [1.82, 2.24) is 9.80 Å². The zero-order valence-electron chi connectivity index (χ0n) is 17.4. The van der Waals surface area contributed by atoms with E-state index >= 15 is 0 Å². The van der Waals surface area contributed by atoms with Gasteiger partial charge in [-0.25, -0.2) is 0 Å². The normalized spacial score (nSPS) is 18.6. The molecular formula is C26H16N2O4. The van der Waals surface area contributed by atoms with Gasteiger partial charge in [0.15, 0.2) is 0 Å². The fourth-order valence-electron chi connectivity index (χ4n) is 5.85. The monoisotopic (exact) mass is 420 g/mol. The van der Waals surface area contributed by atoms with E-state index in [-0.39, 0.29) is 23.6 Å². The molecule has 0 spiro atoms. The Bertz CT molecular complexity index is 1500. The lowest BCUT2D eigenvalue weighted by Crippen LogP contribution is -2.39. The Morgan fingerprint density at radius 1 is 0.594 bits per heavy atom. The zero-order chi connectivity index (χ0) is 22.0. The average Bonchev–Trinajstić information content (AvgIpc) is 2.82. The van der Waals surface area contributed by atoms with E-state index in [0.717, 1.165) is 43.8 Å². The molecule has 2 aliphatic heterocycles. The lowest BCUT2D eigenvalue weighted by molar-refractivity contribution is -0.122. The molecule has 4 amide bonds. The minimum absolute atomic E-state index is 0.277. The van der Waals surface area contributed by atoms with Crippen molar-refractivity contribution in [2.45, 2.75) is 12.8 Å². The summed E-state index contributed by atoms with van der Waals surface area (Å²) < 4.78 is 0. The number of fused-ring (bicyclic) bond motifs is 2. The number of carbonyl (C=O) groups is 4. The predicted molar refractivity (Wildman–Crippen MR) is 119 cm³/mol. The van der Waals surface area contributed by atoms with Gasteiger partial charge in [0.05, 0.1) is 0 Å². The van der Waals surface area contributed by atoms with Crippen LogP contribution in [0.1, 0.15) is 43.0 Å². The van der Waals surface area contributed by atoms with E-state index in [1.807, 2.05) is 24.3 Å². The lowest BCUT2D eigenvalue weighted by atomic mass is 9.74. The van der Waals surface area contributed by atoms with Gasteiger partial charge in [0.2, 0.25) is 0 Å². The first-order valence-electron chi connectivity index (χ1n) is 10.5. The first kappa shape index (κ1) is 17.6. The Balaban J connectivity index is 1.68. The molecule has 3 aromatic rings. The van der Waals surface area contributed by atoms with Crippen LogP contribution in [0.25, 0.3) is 32.7 Å². The van der Waals surface area contributed by atoms with Crippen LogP contribution in [-0.2, 0) is 22.4 Å². The quantitative estimate of drug-likeness (QED) is 0.414. The maximum absolute atomic E-state index is 12.9. The number of carbonyl (C=O) groups excluding carboxylic acids is 4. The highest BCUT2D eigenvalue weighted by molar-refractivity contribution is 6.37. The molecule has 0 aromatic heterocycles. The van der Waals surface area contributed by atoms with Crippen LogP contribution in [0.2, 0.25) is 0 Å². The summed E-state index contributed by atoms with van der Waals surface area (Å²) in [4.78, 5) is 53.8. The molecule has 6 nitrogen and oxygen atoms in total. The summed E-state index contributed by atoms with van der Waals surface area (Å²) in [5, 5.41) is 3.84. The second-order valence-corrected chi connectivity index (χ2v) is 8.76.